The van der Waals surface area contributed by atoms with Gasteiger partial charge in [-0.05, 0) is 99.9 Å². The molecule has 4 atom stereocenters. The van der Waals surface area contributed by atoms with Crippen molar-refractivity contribution in [3.05, 3.63) is 82.4 Å². The zero-order chi connectivity index (χ0) is 40.4. The SMILES string of the molecule is NCCCC[C@H](NC(=O)[C@@H]1C[C@@H](OCc2ccc(Cl)cc2)CN1C(=O)[C@@H](CC=C1CCCCC1)NC(=O)OCc1ccccc1)C(=O)C(=O)NCC1CCOCC1. The Bertz CT molecular complexity index is 1640. The predicted octanol–water partition coefficient (Wildman–Crippen LogP) is 5.13. The van der Waals surface area contributed by atoms with Gasteiger partial charge >= 0.3 is 6.09 Å². The van der Waals surface area contributed by atoms with Gasteiger partial charge in [-0.2, -0.15) is 0 Å². The quantitative estimate of drug-likeness (QED) is 0.0852. The Morgan fingerprint density at radius 2 is 1.61 bits per heavy atom. The maximum Gasteiger partial charge on any atom is 0.408 e. The normalized spacial score (nSPS) is 19.6. The molecule has 0 radical (unpaired) electrons. The van der Waals surface area contributed by atoms with Crippen molar-refractivity contribution in [2.45, 2.75) is 114 Å². The summed E-state index contributed by atoms with van der Waals surface area (Å²) in [4.78, 5) is 70.2. The summed E-state index contributed by atoms with van der Waals surface area (Å²) < 4.78 is 17.2. The zero-order valence-electron chi connectivity index (χ0n) is 32.8. The number of amides is 4. The highest BCUT2D eigenvalue weighted by atomic mass is 35.5. The topological polar surface area (TPSA) is 178 Å². The number of carbonyl (C=O) groups is 5. The number of Topliss-reactive ketones (excluding diaryl/α,β-unsaturated/α-hetero) is 1. The van der Waals surface area contributed by atoms with Crippen LogP contribution in [-0.2, 0) is 46.6 Å². The first kappa shape index (κ1) is 43.8. The minimum absolute atomic E-state index is 0.0201. The summed E-state index contributed by atoms with van der Waals surface area (Å²) in [5, 5.41) is 8.96. The molecule has 2 aliphatic heterocycles. The number of ketones is 1. The van der Waals surface area contributed by atoms with Crippen LogP contribution in [0.2, 0.25) is 5.02 Å². The smallest absolute Gasteiger partial charge is 0.408 e. The molecule has 0 aromatic heterocycles. The molecule has 57 heavy (non-hydrogen) atoms. The lowest BCUT2D eigenvalue weighted by Crippen LogP contribution is -2.56. The average Bonchev–Trinajstić information content (AvgIpc) is 3.68. The van der Waals surface area contributed by atoms with E-state index in [0.29, 0.717) is 44.2 Å². The first-order valence-electron chi connectivity index (χ1n) is 20.4. The van der Waals surface area contributed by atoms with E-state index in [2.05, 4.69) is 16.0 Å². The highest BCUT2D eigenvalue weighted by Gasteiger charge is 2.43. The van der Waals surface area contributed by atoms with Crippen LogP contribution in [0.4, 0.5) is 4.79 Å². The van der Waals surface area contributed by atoms with Crippen molar-refractivity contribution >= 4 is 41.2 Å². The molecule has 3 aliphatic rings. The van der Waals surface area contributed by atoms with Crippen molar-refractivity contribution in [3.8, 4) is 0 Å². The number of halogens is 1. The Morgan fingerprint density at radius 1 is 0.895 bits per heavy atom. The van der Waals surface area contributed by atoms with Gasteiger partial charge in [-0.15, -0.1) is 0 Å². The van der Waals surface area contributed by atoms with E-state index in [1.165, 1.54) is 10.5 Å². The number of ether oxygens (including phenoxy) is 3. The Kier molecular flexibility index (Phi) is 17.8. The van der Waals surface area contributed by atoms with E-state index < -0.39 is 53.8 Å². The number of unbranched alkanes of at least 4 members (excludes halogenated alkanes) is 1. The van der Waals surface area contributed by atoms with Gasteiger partial charge in [0, 0.05) is 37.7 Å². The Labute approximate surface area is 340 Å². The molecule has 1 aliphatic carbocycles. The number of alkyl carbamates (subject to hydrolysis) is 1. The molecule has 2 aromatic carbocycles. The molecule has 0 bridgehead atoms. The summed E-state index contributed by atoms with van der Waals surface area (Å²) in [6.07, 6.45) is 9.09. The highest BCUT2D eigenvalue weighted by molar-refractivity contribution is 6.38. The Hall–Kier alpha value is -4.30. The van der Waals surface area contributed by atoms with Crippen LogP contribution in [-0.4, -0.2) is 91.6 Å². The summed E-state index contributed by atoms with van der Waals surface area (Å²) in [5.74, 6) is -2.37. The number of nitrogens with one attached hydrogen (secondary N) is 3. The van der Waals surface area contributed by atoms with E-state index in [-0.39, 0.29) is 44.9 Å². The summed E-state index contributed by atoms with van der Waals surface area (Å²) >= 11 is 6.08. The molecule has 14 heteroatoms. The van der Waals surface area contributed by atoms with E-state index in [4.69, 9.17) is 31.5 Å². The molecule has 310 valence electrons. The van der Waals surface area contributed by atoms with Crippen molar-refractivity contribution in [3.63, 3.8) is 0 Å². The van der Waals surface area contributed by atoms with Crippen LogP contribution in [0.5, 0.6) is 0 Å². The summed E-state index contributed by atoms with van der Waals surface area (Å²) in [6, 6.07) is 13.2. The number of hydrogen-bond acceptors (Lipinski definition) is 9. The standard InChI is InChI=1S/C43H58ClN5O8/c44-34-17-14-33(15-18-34)28-56-35-25-38(40(51)47-36(13-7-8-22-45)39(50)41(52)46-26-31-20-23-55-24-21-31)49(27-35)42(53)37(19-16-30-9-3-1-4-10-30)48-43(54)57-29-32-11-5-2-6-12-32/h2,5-6,11-12,14-18,31,35-38H,1,3-4,7-10,13,19-29,45H2,(H,46,52)(H,47,51)(H,48,54)/t35-,36+,37-,38+/m1/s1. The van der Waals surface area contributed by atoms with Gasteiger partial charge in [0.25, 0.3) is 5.91 Å². The minimum atomic E-state index is -1.12. The fourth-order valence-electron chi connectivity index (χ4n) is 7.49. The molecular formula is C43H58ClN5O8. The molecule has 2 heterocycles. The predicted molar refractivity (Wildman–Crippen MR) is 216 cm³/mol. The van der Waals surface area contributed by atoms with E-state index >= 15 is 0 Å². The average molecular weight is 808 g/mol. The number of allylic oxidation sites excluding steroid dienone is 1. The molecule has 13 nitrogen and oxygen atoms in total. The monoisotopic (exact) mass is 807 g/mol. The van der Waals surface area contributed by atoms with Crippen molar-refractivity contribution in [1.29, 1.82) is 0 Å². The molecule has 5 rings (SSSR count). The number of nitrogens with zero attached hydrogens (tertiary/aromatic N) is 1. The lowest BCUT2D eigenvalue weighted by Gasteiger charge is -2.29. The lowest BCUT2D eigenvalue weighted by atomic mass is 9.93. The van der Waals surface area contributed by atoms with Gasteiger partial charge in [0.15, 0.2) is 0 Å². The van der Waals surface area contributed by atoms with Crippen molar-refractivity contribution < 1.29 is 38.2 Å². The van der Waals surface area contributed by atoms with Gasteiger partial charge in [-0.3, -0.25) is 19.2 Å². The molecule has 4 amide bonds. The van der Waals surface area contributed by atoms with Gasteiger partial charge in [-0.25, -0.2) is 4.79 Å². The maximum atomic E-state index is 14.6. The molecule has 1 saturated carbocycles. The number of rotatable bonds is 19. The molecule has 0 spiro atoms. The van der Waals surface area contributed by atoms with Gasteiger partial charge in [0.2, 0.25) is 17.6 Å². The second-order valence-electron chi connectivity index (χ2n) is 15.2. The molecule has 5 N–H and O–H groups in total. The number of likely N-dealkylation sites (tertiary alicyclic amines) is 1. The third-order valence-electron chi connectivity index (χ3n) is 10.9. The molecule has 2 aromatic rings. The molecule has 2 saturated heterocycles. The van der Waals surface area contributed by atoms with E-state index in [1.54, 1.807) is 12.1 Å². The molecule has 0 unspecified atom stereocenters. The van der Waals surface area contributed by atoms with Crippen LogP contribution >= 0.6 is 11.6 Å². The van der Waals surface area contributed by atoms with Crippen LogP contribution in [0.1, 0.15) is 88.2 Å². The maximum absolute atomic E-state index is 14.6. The first-order valence-corrected chi connectivity index (χ1v) is 20.8. The second-order valence-corrected chi connectivity index (χ2v) is 15.6. The minimum Gasteiger partial charge on any atom is -0.445 e. The van der Waals surface area contributed by atoms with Gasteiger partial charge in [-0.1, -0.05) is 72.1 Å². The number of carbonyl (C=O) groups excluding carboxylic acids is 5. The second kappa shape index (κ2) is 23.2. The van der Waals surface area contributed by atoms with Crippen LogP contribution < -0.4 is 21.7 Å². The Morgan fingerprint density at radius 3 is 2.33 bits per heavy atom. The lowest BCUT2D eigenvalue weighted by molar-refractivity contribution is -0.143. The number of nitrogens with two attached hydrogens (primary N) is 1. The van der Waals surface area contributed by atoms with Crippen molar-refractivity contribution in [2.75, 3.05) is 32.8 Å². The molecular weight excluding hydrogens is 750 g/mol. The number of benzene rings is 2. The van der Waals surface area contributed by atoms with Crippen LogP contribution in [0.15, 0.2) is 66.2 Å². The van der Waals surface area contributed by atoms with Gasteiger partial charge in [0.05, 0.1) is 18.8 Å². The third-order valence-corrected chi connectivity index (χ3v) is 11.1. The van der Waals surface area contributed by atoms with Crippen molar-refractivity contribution in [1.82, 2.24) is 20.9 Å². The number of hydrogen-bond donors (Lipinski definition) is 4. The summed E-state index contributed by atoms with van der Waals surface area (Å²) in [7, 11) is 0. The summed E-state index contributed by atoms with van der Waals surface area (Å²) in [5.41, 5.74) is 8.63. The van der Waals surface area contributed by atoms with E-state index in [1.807, 2.05) is 48.5 Å². The zero-order valence-corrected chi connectivity index (χ0v) is 33.5. The van der Waals surface area contributed by atoms with Gasteiger partial charge < -0.3 is 40.8 Å². The van der Waals surface area contributed by atoms with Crippen molar-refractivity contribution in [2.24, 2.45) is 11.7 Å². The first-order chi connectivity index (χ1) is 27.7. The Balaban J connectivity index is 1.34. The molecule has 3 fully saturated rings. The van der Waals surface area contributed by atoms with Crippen LogP contribution in [0, 0.1) is 5.92 Å². The fourth-order valence-corrected chi connectivity index (χ4v) is 7.62. The van der Waals surface area contributed by atoms with E-state index in [9.17, 15) is 24.0 Å². The third kappa shape index (κ3) is 14.2. The highest BCUT2D eigenvalue weighted by Crippen LogP contribution is 2.27. The summed E-state index contributed by atoms with van der Waals surface area (Å²) in [6.45, 7) is 2.24. The van der Waals surface area contributed by atoms with Crippen LogP contribution in [0.3, 0.4) is 0 Å². The van der Waals surface area contributed by atoms with Crippen LogP contribution in [0.25, 0.3) is 0 Å². The largest absolute Gasteiger partial charge is 0.445 e. The fraction of sp³-hybridized carbons (Fsp3) is 0.558. The van der Waals surface area contributed by atoms with Gasteiger partial charge in [0.1, 0.15) is 18.7 Å². The van der Waals surface area contributed by atoms with E-state index in [0.717, 1.165) is 56.1 Å².